The topological polar surface area (TPSA) is 80.2 Å². The summed E-state index contributed by atoms with van der Waals surface area (Å²) in [6.45, 7) is 1.76. The summed E-state index contributed by atoms with van der Waals surface area (Å²) in [6.07, 6.45) is 0.979. The highest BCUT2D eigenvalue weighted by Gasteiger charge is 2.24. The molecule has 0 aromatic heterocycles. The van der Waals surface area contributed by atoms with E-state index in [1.54, 1.807) is 19.1 Å². The number of esters is 2. The van der Waals surface area contributed by atoms with Crippen LogP contribution in [-0.4, -0.2) is 42.0 Å². The molecule has 2 aromatic carbocycles. The summed E-state index contributed by atoms with van der Waals surface area (Å²) in [5, 5.41) is 8.69. The normalized spacial score (nSPS) is 11.4. The van der Waals surface area contributed by atoms with Crippen molar-refractivity contribution >= 4 is 40.7 Å². The molecule has 0 unspecified atom stereocenters. The second kappa shape index (κ2) is 10.7. The quantitative estimate of drug-likeness (QED) is 0.257. The van der Waals surface area contributed by atoms with Gasteiger partial charge in [-0.3, -0.25) is 0 Å². The number of thiocarbonyl (C=S) groups is 1. The molecule has 0 aliphatic heterocycles. The Morgan fingerprint density at radius 3 is 2.14 bits per heavy atom. The highest BCUT2D eigenvalue weighted by atomic mass is 32.1. The molecule has 8 heteroatoms. The lowest BCUT2D eigenvalue weighted by Gasteiger charge is -2.23. The van der Waals surface area contributed by atoms with Gasteiger partial charge in [0.1, 0.15) is 0 Å². The minimum Gasteiger partial charge on any atom is -0.466 e. The number of carbonyl (C=O) groups excluding carboxylic acids is 2. The van der Waals surface area contributed by atoms with Crippen molar-refractivity contribution in [3.05, 3.63) is 78.0 Å². The molecule has 0 spiro atoms. The Morgan fingerprint density at radius 1 is 1.00 bits per heavy atom. The first kappa shape index (κ1) is 21.8. The Balaban J connectivity index is 2.50. The average Bonchev–Trinajstić information content (AvgIpc) is 2.76. The van der Waals surface area contributed by atoms with Crippen LogP contribution in [0.5, 0.6) is 0 Å². The van der Waals surface area contributed by atoms with Crippen molar-refractivity contribution < 1.29 is 19.1 Å². The van der Waals surface area contributed by atoms with E-state index in [2.05, 4.69) is 15.2 Å². The van der Waals surface area contributed by atoms with Gasteiger partial charge >= 0.3 is 11.9 Å². The summed E-state index contributed by atoms with van der Waals surface area (Å²) in [7, 11) is 2.41. The molecule has 0 aliphatic carbocycles. The SMILES string of the molecule is COC(=O)/C=C(/C(=O)OC)N(/N=C(\C)c1ccccc1)C(=S)Nc1ccccc1. The van der Waals surface area contributed by atoms with Crippen LogP contribution >= 0.6 is 12.2 Å². The van der Waals surface area contributed by atoms with E-state index in [4.69, 9.17) is 17.0 Å². The maximum absolute atomic E-state index is 12.4. The Kier molecular flexibility index (Phi) is 8.05. The van der Waals surface area contributed by atoms with Gasteiger partial charge in [-0.25, -0.2) is 9.59 Å². The Morgan fingerprint density at radius 2 is 1.59 bits per heavy atom. The van der Waals surface area contributed by atoms with E-state index in [-0.39, 0.29) is 10.8 Å². The number of anilines is 1. The summed E-state index contributed by atoms with van der Waals surface area (Å²) in [6, 6.07) is 18.5. The van der Waals surface area contributed by atoms with Crippen LogP contribution in [0.25, 0.3) is 0 Å². The van der Waals surface area contributed by atoms with Crippen LogP contribution < -0.4 is 5.32 Å². The highest BCUT2D eigenvalue weighted by molar-refractivity contribution is 7.80. The standard InChI is InChI=1S/C21H21N3O4S/c1-15(16-10-6-4-7-11-16)23-24(18(20(26)28-3)14-19(25)27-2)21(29)22-17-12-8-5-9-13-17/h4-14H,1-3H3,(H,22,29)/b18-14-,23-15+. The minimum absolute atomic E-state index is 0.0760. The molecule has 0 amide bonds. The number of rotatable bonds is 6. The molecule has 0 bridgehead atoms. The van der Waals surface area contributed by atoms with Crippen LogP contribution in [0.15, 0.2) is 77.5 Å². The van der Waals surface area contributed by atoms with Gasteiger partial charge in [-0.05, 0) is 36.8 Å². The summed E-state index contributed by atoms with van der Waals surface area (Å²) in [5.74, 6) is -1.54. The van der Waals surface area contributed by atoms with Crippen LogP contribution in [0.3, 0.4) is 0 Å². The molecular weight excluding hydrogens is 390 g/mol. The molecule has 0 saturated heterocycles. The second-order valence-corrected chi connectivity index (χ2v) is 6.09. The van der Waals surface area contributed by atoms with Crippen molar-refractivity contribution in [3.8, 4) is 0 Å². The van der Waals surface area contributed by atoms with Gasteiger partial charge in [-0.2, -0.15) is 10.1 Å². The van der Waals surface area contributed by atoms with Gasteiger partial charge in [0.25, 0.3) is 0 Å². The summed E-state index contributed by atoms with van der Waals surface area (Å²) >= 11 is 5.47. The third kappa shape index (κ3) is 6.25. The van der Waals surface area contributed by atoms with Crippen LogP contribution in [0.2, 0.25) is 0 Å². The molecule has 29 heavy (non-hydrogen) atoms. The zero-order valence-electron chi connectivity index (χ0n) is 16.3. The molecule has 0 fully saturated rings. The number of hydrogen-bond acceptors (Lipinski definition) is 6. The van der Waals surface area contributed by atoms with Crippen molar-refractivity contribution in [2.24, 2.45) is 5.10 Å². The first-order chi connectivity index (χ1) is 14.0. The van der Waals surface area contributed by atoms with Crippen molar-refractivity contribution in [2.45, 2.75) is 6.92 Å². The largest absolute Gasteiger partial charge is 0.466 e. The monoisotopic (exact) mass is 411 g/mol. The lowest BCUT2D eigenvalue weighted by Crippen LogP contribution is -2.35. The van der Waals surface area contributed by atoms with Gasteiger partial charge in [-0.15, -0.1) is 0 Å². The average molecular weight is 411 g/mol. The number of nitrogens with zero attached hydrogens (tertiary/aromatic N) is 2. The molecule has 0 radical (unpaired) electrons. The number of ether oxygens (including phenoxy) is 2. The molecule has 150 valence electrons. The minimum atomic E-state index is -0.794. The lowest BCUT2D eigenvalue weighted by atomic mass is 10.1. The third-order valence-corrected chi connectivity index (χ3v) is 4.01. The number of methoxy groups -OCH3 is 2. The van der Waals surface area contributed by atoms with Gasteiger partial charge in [0.15, 0.2) is 10.8 Å². The molecular formula is C21H21N3O4S. The molecule has 7 nitrogen and oxygen atoms in total. The first-order valence-electron chi connectivity index (χ1n) is 8.61. The van der Waals surface area contributed by atoms with E-state index >= 15 is 0 Å². The van der Waals surface area contributed by atoms with E-state index < -0.39 is 11.9 Å². The predicted molar refractivity (Wildman–Crippen MR) is 115 cm³/mol. The molecule has 2 rings (SSSR count). The van der Waals surface area contributed by atoms with E-state index in [1.165, 1.54) is 14.2 Å². The number of benzene rings is 2. The van der Waals surface area contributed by atoms with Crippen molar-refractivity contribution in [1.29, 1.82) is 0 Å². The number of hydrogen-bond donors (Lipinski definition) is 1. The fraction of sp³-hybridized carbons (Fsp3) is 0.143. The first-order valence-corrected chi connectivity index (χ1v) is 9.01. The van der Waals surface area contributed by atoms with Gasteiger partial charge in [0.05, 0.1) is 26.0 Å². The number of carbonyl (C=O) groups is 2. The van der Waals surface area contributed by atoms with Gasteiger partial charge in [0, 0.05) is 5.69 Å². The van der Waals surface area contributed by atoms with E-state index in [1.807, 2.05) is 48.5 Å². The van der Waals surface area contributed by atoms with Crippen LogP contribution in [-0.2, 0) is 19.1 Å². The van der Waals surface area contributed by atoms with Crippen molar-refractivity contribution in [1.82, 2.24) is 5.01 Å². The molecule has 0 aliphatic rings. The van der Waals surface area contributed by atoms with Gasteiger partial charge < -0.3 is 14.8 Å². The zero-order valence-corrected chi connectivity index (χ0v) is 17.1. The number of hydrazone groups is 1. The van der Waals surface area contributed by atoms with Crippen LogP contribution in [0.1, 0.15) is 12.5 Å². The Labute approximate surface area is 174 Å². The van der Waals surface area contributed by atoms with E-state index in [9.17, 15) is 9.59 Å². The zero-order chi connectivity index (χ0) is 21.2. The predicted octanol–water partition coefficient (Wildman–Crippen LogP) is 3.34. The molecule has 0 heterocycles. The summed E-state index contributed by atoms with van der Waals surface area (Å²) in [5.41, 5.74) is 1.89. The second-order valence-electron chi connectivity index (χ2n) is 5.70. The Hall–Kier alpha value is -3.52. The molecule has 2 aromatic rings. The van der Waals surface area contributed by atoms with Gasteiger partial charge in [0.2, 0.25) is 0 Å². The highest BCUT2D eigenvalue weighted by Crippen LogP contribution is 2.15. The van der Waals surface area contributed by atoms with Crippen LogP contribution in [0.4, 0.5) is 5.69 Å². The fourth-order valence-electron chi connectivity index (χ4n) is 2.28. The number of para-hydroxylation sites is 1. The molecule has 0 saturated carbocycles. The maximum atomic E-state index is 12.4. The third-order valence-electron chi connectivity index (χ3n) is 3.74. The van der Waals surface area contributed by atoms with Gasteiger partial charge in [-0.1, -0.05) is 48.5 Å². The lowest BCUT2D eigenvalue weighted by molar-refractivity contribution is -0.139. The smallest absolute Gasteiger partial charge is 0.357 e. The van der Waals surface area contributed by atoms with Crippen molar-refractivity contribution in [2.75, 3.05) is 19.5 Å². The fourth-order valence-corrected chi connectivity index (χ4v) is 2.53. The van der Waals surface area contributed by atoms with E-state index in [0.29, 0.717) is 11.4 Å². The van der Waals surface area contributed by atoms with E-state index in [0.717, 1.165) is 16.6 Å². The van der Waals surface area contributed by atoms with Crippen LogP contribution in [0, 0.1) is 0 Å². The maximum Gasteiger partial charge on any atom is 0.357 e. The summed E-state index contributed by atoms with van der Waals surface area (Å²) < 4.78 is 9.46. The number of nitrogens with one attached hydrogen (secondary N) is 1. The summed E-state index contributed by atoms with van der Waals surface area (Å²) in [4.78, 5) is 24.2. The molecule has 1 N–H and O–H groups in total. The molecule has 0 atom stereocenters. The van der Waals surface area contributed by atoms with Crippen molar-refractivity contribution in [3.63, 3.8) is 0 Å². The Bertz CT molecular complexity index is 927.